The summed E-state index contributed by atoms with van der Waals surface area (Å²) in [7, 11) is 0. The minimum Gasteiger partial charge on any atom is -0.298 e. The highest BCUT2D eigenvalue weighted by Gasteiger charge is 2.02. The summed E-state index contributed by atoms with van der Waals surface area (Å²) in [6.45, 7) is 1.44. The van der Waals surface area contributed by atoms with Crippen LogP contribution in [0.25, 0.3) is 0 Å². The van der Waals surface area contributed by atoms with Gasteiger partial charge >= 0.3 is 0 Å². The van der Waals surface area contributed by atoms with E-state index in [9.17, 15) is 14.9 Å². The van der Waals surface area contributed by atoms with Crippen molar-refractivity contribution in [3.05, 3.63) is 34.4 Å². The van der Waals surface area contributed by atoms with Crippen LogP contribution in [0, 0.1) is 10.1 Å². The van der Waals surface area contributed by atoms with Gasteiger partial charge in [0.25, 0.3) is 5.69 Å². The number of carbonyl (C=O) groups excluding carboxylic acids is 1. The van der Waals surface area contributed by atoms with Crippen molar-refractivity contribution in [1.29, 1.82) is 0 Å². The highest BCUT2D eigenvalue weighted by Crippen LogP contribution is 2.17. The van der Waals surface area contributed by atoms with Gasteiger partial charge in [-0.3, -0.25) is 14.9 Å². The largest absolute Gasteiger partial charge is 0.298 e. The maximum Gasteiger partial charge on any atom is 0.269 e. The van der Waals surface area contributed by atoms with Crippen LogP contribution in [0.2, 0.25) is 0 Å². The monoisotopic (exact) mass is 207 g/mol. The van der Waals surface area contributed by atoms with E-state index in [1.54, 1.807) is 0 Å². The van der Waals surface area contributed by atoms with Gasteiger partial charge in [-0.25, -0.2) is 0 Å². The van der Waals surface area contributed by atoms with Crippen LogP contribution in [0.15, 0.2) is 34.5 Å². The molecule has 0 aliphatic rings. The first kappa shape index (κ1) is 11.0. The van der Waals surface area contributed by atoms with Crippen molar-refractivity contribution in [1.82, 2.24) is 0 Å². The third-order valence-corrected chi connectivity index (χ3v) is 1.54. The summed E-state index contributed by atoms with van der Waals surface area (Å²) in [6, 6.07) is 5.62. The van der Waals surface area contributed by atoms with E-state index >= 15 is 0 Å². The van der Waals surface area contributed by atoms with Gasteiger partial charge in [-0.15, -0.1) is 0 Å². The van der Waals surface area contributed by atoms with Gasteiger partial charge in [0, 0.05) is 12.1 Å². The van der Waals surface area contributed by atoms with E-state index in [2.05, 4.69) is 10.2 Å². The summed E-state index contributed by atoms with van der Waals surface area (Å²) in [5.74, 6) is -0.0827. The standard InChI is InChI=1S/C9H9N3O3/c1-7(13)6-10-11-8-2-4-9(5-3-8)12(14)15/h2-5H,6H2,1H3. The highest BCUT2D eigenvalue weighted by molar-refractivity contribution is 5.77. The first-order chi connectivity index (χ1) is 7.09. The minimum absolute atomic E-state index is 0.000480. The third-order valence-electron chi connectivity index (χ3n) is 1.54. The average molecular weight is 207 g/mol. The molecular formula is C9H9N3O3. The molecule has 15 heavy (non-hydrogen) atoms. The molecule has 78 valence electrons. The molecule has 0 saturated heterocycles. The quantitative estimate of drug-likeness (QED) is 0.431. The third kappa shape index (κ3) is 3.63. The average Bonchev–Trinajstić information content (AvgIpc) is 2.18. The second kappa shape index (κ2) is 4.94. The van der Waals surface area contributed by atoms with E-state index < -0.39 is 4.92 Å². The molecule has 0 heterocycles. The molecular weight excluding hydrogens is 198 g/mol. The number of ketones is 1. The second-order valence-electron chi connectivity index (χ2n) is 2.88. The molecule has 0 amide bonds. The molecule has 1 aromatic rings. The molecule has 0 fully saturated rings. The van der Waals surface area contributed by atoms with Crippen molar-refractivity contribution in [2.45, 2.75) is 6.92 Å². The van der Waals surface area contributed by atoms with Crippen LogP contribution < -0.4 is 0 Å². The number of carbonyl (C=O) groups is 1. The number of azo groups is 1. The number of hydrogen-bond donors (Lipinski definition) is 0. The molecule has 0 aliphatic heterocycles. The van der Waals surface area contributed by atoms with Gasteiger partial charge in [-0.1, -0.05) is 0 Å². The fourth-order valence-electron chi connectivity index (χ4n) is 0.858. The van der Waals surface area contributed by atoms with Crippen molar-refractivity contribution in [3.63, 3.8) is 0 Å². The first-order valence-electron chi connectivity index (χ1n) is 4.21. The molecule has 6 nitrogen and oxygen atoms in total. The van der Waals surface area contributed by atoms with Crippen LogP contribution in [-0.4, -0.2) is 17.3 Å². The maximum atomic E-state index is 10.5. The van der Waals surface area contributed by atoms with Crippen molar-refractivity contribution in [3.8, 4) is 0 Å². The molecule has 0 bridgehead atoms. The maximum absolute atomic E-state index is 10.5. The van der Waals surface area contributed by atoms with Crippen molar-refractivity contribution in [2.24, 2.45) is 10.2 Å². The van der Waals surface area contributed by atoms with Gasteiger partial charge in [0.05, 0.1) is 10.6 Å². The Morgan fingerprint density at radius 2 is 2.00 bits per heavy atom. The molecule has 0 aromatic heterocycles. The Hall–Kier alpha value is -2.11. The molecule has 1 aromatic carbocycles. The highest BCUT2D eigenvalue weighted by atomic mass is 16.6. The number of Topliss-reactive ketones (excluding diaryl/α,β-unsaturated/α-hetero) is 1. The Bertz CT molecular complexity index is 398. The summed E-state index contributed by atoms with van der Waals surface area (Å²) in [6.07, 6.45) is 0. The van der Waals surface area contributed by atoms with Crippen LogP contribution in [0.4, 0.5) is 11.4 Å². The van der Waals surface area contributed by atoms with Crippen LogP contribution in [0.3, 0.4) is 0 Å². The fraction of sp³-hybridized carbons (Fsp3) is 0.222. The summed E-state index contributed by atoms with van der Waals surface area (Å²) < 4.78 is 0. The molecule has 0 N–H and O–H groups in total. The fourth-order valence-corrected chi connectivity index (χ4v) is 0.858. The summed E-state index contributed by atoms with van der Waals surface area (Å²) in [4.78, 5) is 20.4. The SMILES string of the molecule is CC(=O)CN=Nc1ccc([N+](=O)[O-])cc1. The van der Waals surface area contributed by atoms with E-state index in [1.807, 2.05) is 0 Å². The van der Waals surface area contributed by atoms with Crippen LogP contribution in [0.5, 0.6) is 0 Å². The van der Waals surface area contributed by atoms with Gasteiger partial charge < -0.3 is 0 Å². The predicted octanol–water partition coefficient (Wildman–Crippen LogP) is 2.27. The predicted molar refractivity (Wildman–Crippen MR) is 53.2 cm³/mol. The lowest BCUT2D eigenvalue weighted by Gasteiger charge is -1.92. The molecule has 0 aliphatic carbocycles. The Morgan fingerprint density at radius 3 is 2.47 bits per heavy atom. The molecule has 0 unspecified atom stereocenters. The van der Waals surface area contributed by atoms with E-state index in [-0.39, 0.29) is 18.0 Å². The topological polar surface area (TPSA) is 84.9 Å². The number of hydrogen-bond acceptors (Lipinski definition) is 5. The van der Waals surface area contributed by atoms with Crippen LogP contribution in [0.1, 0.15) is 6.92 Å². The molecule has 6 heteroatoms. The summed E-state index contributed by atoms with van der Waals surface area (Å²) in [5.41, 5.74) is 0.488. The number of rotatable bonds is 4. The Balaban J connectivity index is 2.68. The molecule has 0 saturated carbocycles. The normalized spacial score (nSPS) is 10.5. The van der Waals surface area contributed by atoms with E-state index in [4.69, 9.17) is 0 Å². The first-order valence-corrected chi connectivity index (χ1v) is 4.21. The number of nitro groups is 1. The number of nitro benzene ring substituents is 1. The van der Waals surface area contributed by atoms with Gasteiger partial charge in [0.15, 0.2) is 5.78 Å². The lowest BCUT2D eigenvalue weighted by atomic mass is 10.3. The van der Waals surface area contributed by atoms with E-state index in [0.717, 1.165) is 0 Å². The van der Waals surface area contributed by atoms with E-state index in [1.165, 1.54) is 31.2 Å². The number of non-ortho nitro benzene ring substituents is 1. The Morgan fingerprint density at radius 1 is 1.40 bits per heavy atom. The van der Waals surface area contributed by atoms with Crippen molar-refractivity contribution < 1.29 is 9.72 Å². The van der Waals surface area contributed by atoms with E-state index in [0.29, 0.717) is 5.69 Å². The zero-order chi connectivity index (χ0) is 11.3. The second-order valence-corrected chi connectivity index (χ2v) is 2.88. The zero-order valence-electron chi connectivity index (χ0n) is 8.08. The molecule has 0 radical (unpaired) electrons. The van der Waals surface area contributed by atoms with Crippen molar-refractivity contribution in [2.75, 3.05) is 6.54 Å². The molecule has 1 rings (SSSR count). The summed E-state index contributed by atoms with van der Waals surface area (Å²) in [5, 5.41) is 17.7. The van der Waals surface area contributed by atoms with Crippen LogP contribution >= 0.6 is 0 Å². The molecule has 0 spiro atoms. The van der Waals surface area contributed by atoms with Gasteiger partial charge in [0.2, 0.25) is 0 Å². The molecule has 0 atom stereocenters. The summed E-state index contributed by atoms with van der Waals surface area (Å²) >= 11 is 0. The minimum atomic E-state index is -0.490. The Labute approximate surface area is 85.8 Å². The van der Waals surface area contributed by atoms with Crippen molar-refractivity contribution >= 4 is 17.2 Å². The Kier molecular flexibility index (Phi) is 3.61. The number of nitrogens with zero attached hydrogens (tertiary/aromatic N) is 3. The van der Waals surface area contributed by atoms with Gasteiger partial charge in [-0.05, 0) is 19.1 Å². The number of benzene rings is 1. The lowest BCUT2D eigenvalue weighted by Crippen LogP contribution is -1.92. The van der Waals surface area contributed by atoms with Gasteiger partial charge in [0.1, 0.15) is 6.54 Å². The van der Waals surface area contributed by atoms with Gasteiger partial charge in [-0.2, -0.15) is 10.2 Å². The van der Waals surface area contributed by atoms with Crippen LogP contribution in [-0.2, 0) is 4.79 Å². The zero-order valence-corrected chi connectivity index (χ0v) is 8.08. The smallest absolute Gasteiger partial charge is 0.269 e. The lowest BCUT2D eigenvalue weighted by molar-refractivity contribution is -0.384.